The second-order valence-electron chi connectivity index (χ2n) is 5.91. The molecule has 0 fully saturated rings. The summed E-state index contributed by atoms with van der Waals surface area (Å²) >= 11 is 0. The zero-order valence-corrected chi connectivity index (χ0v) is 14.8. The van der Waals surface area contributed by atoms with Crippen molar-refractivity contribution in [3.8, 4) is 0 Å². The van der Waals surface area contributed by atoms with E-state index in [1.54, 1.807) is 18.2 Å². The number of carbonyl (C=O) groups excluding carboxylic acids is 2. The Morgan fingerprint density at radius 3 is 2.40 bits per heavy atom. The Labute approximate surface area is 147 Å². The van der Waals surface area contributed by atoms with Gasteiger partial charge in [0, 0.05) is 19.0 Å². The number of nitrogens with one attached hydrogen (secondary N) is 1. The van der Waals surface area contributed by atoms with Crippen LogP contribution in [0.25, 0.3) is 0 Å². The lowest BCUT2D eigenvalue weighted by atomic mass is 10.0. The van der Waals surface area contributed by atoms with E-state index in [9.17, 15) is 14.0 Å². The molecule has 0 saturated carbocycles. The van der Waals surface area contributed by atoms with Gasteiger partial charge in [-0.05, 0) is 30.5 Å². The van der Waals surface area contributed by atoms with Crippen LogP contribution in [0.3, 0.4) is 0 Å². The molecule has 0 aromatic heterocycles. The first-order chi connectivity index (χ1) is 11.9. The van der Waals surface area contributed by atoms with Crippen LogP contribution in [-0.4, -0.2) is 18.4 Å². The number of nitrogens with zero attached hydrogens (tertiary/aromatic N) is 1. The van der Waals surface area contributed by atoms with E-state index in [-0.39, 0.29) is 30.7 Å². The molecule has 0 radical (unpaired) electrons. The number of rotatable bonds is 6. The molecule has 0 bridgehead atoms. The number of hydrogen-bond acceptors (Lipinski definition) is 2. The van der Waals surface area contributed by atoms with Gasteiger partial charge >= 0.3 is 0 Å². The number of aryl methyl sites for hydroxylation is 2. The van der Waals surface area contributed by atoms with Gasteiger partial charge in [0.2, 0.25) is 11.8 Å². The molecule has 0 heterocycles. The molecule has 2 rings (SSSR count). The van der Waals surface area contributed by atoms with Crippen molar-refractivity contribution in [2.75, 3.05) is 11.4 Å². The van der Waals surface area contributed by atoms with Gasteiger partial charge in [0.25, 0.3) is 0 Å². The number of para-hydroxylation sites is 1. The summed E-state index contributed by atoms with van der Waals surface area (Å²) < 4.78 is 13.6. The molecule has 0 aliphatic rings. The molecular formula is C20H23FN2O2. The lowest BCUT2D eigenvalue weighted by molar-refractivity contribution is -0.123. The van der Waals surface area contributed by atoms with Crippen LogP contribution < -0.4 is 10.2 Å². The van der Waals surface area contributed by atoms with Crippen molar-refractivity contribution >= 4 is 17.5 Å². The topological polar surface area (TPSA) is 49.4 Å². The molecule has 0 atom stereocenters. The summed E-state index contributed by atoms with van der Waals surface area (Å²) in [6, 6.07) is 12.1. The first kappa shape index (κ1) is 18.6. The number of benzene rings is 2. The lowest BCUT2D eigenvalue weighted by Crippen LogP contribution is -2.40. The number of carbonyl (C=O) groups is 2. The second kappa shape index (κ2) is 8.42. The van der Waals surface area contributed by atoms with Gasteiger partial charge in [-0.25, -0.2) is 4.39 Å². The Morgan fingerprint density at radius 2 is 1.76 bits per heavy atom. The van der Waals surface area contributed by atoms with Crippen molar-refractivity contribution < 1.29 is 14.0 Å². The highest BCUT2D eigenvalue weighted by Crippen LogP contribution is 2.25. The average Bonchev–Trinajstić information content (AvgIpc) is 2.59. The molecular weight excluding hydrogens is 319 g/mol. The fourth-order valence-electron chi connectivity index (χ4n) is 2.77. The summed E-state index contributed by atoms with van der Waals surface area (Å²) in [6.07, 6.45) is 0.762. The van der Waals surface area contributed by atoms with Gasteiger partial charge in [-0.1, -0.05) is 43.3 Å². The first-order valence-electron chi connectivity index (χ1n) is 8.30. The third kappa shape index (κ3) is 4.66. The summed E-state index contributed by atoms with van der Waals surface area (Å²) in [5.74, 6) is -0.896. The van der Waals surface area contributed by atoms with Crippen LogP contribution in [0.1, 0.15) is 30.5 Å². The zero-order valence-electron chi connectivity index (χ0n) is 14.8. The minimum atomic E-state index is -0.363. The van der Waals surface area contributed by atoms with Crippen LogP contribution in [-0.2, 0) is 22.6 Å². The molecule has 2 amide bonds. The minimum absolute atomic E-state index is 0.0889. The average molecular weight is 342 g/mol. The van der Waals surface area contributed by atoms with E-state index in [0.717, 1.165) is 23.2 Å². The van der Waals surface area contributed by atoms with Crippen molar-refractivity contribution in [1.82, 2.24) is 5.32 Å². The van der Waals surface area contributed by atoms with E-state index in [4.69, 9.17) is 0 Å². The molecule has 132 valence electrons. The van der Waals surface area contributed by atoms with Gasteiger partial charge in [0.05, 0.1) is 5.69 Å². The van der Waals surface area contributed by atoms with E-state index >= 15 is 0 Å². The molecule has 0 spiro atoms. The standard InChI is InChI=1S/C20H23FN2O2/c1-4-16-10-7-8-14(2)20(16)23(15(3)24)13-19(25)22-12-17-9-5-6-11-18(17)21/h5-11H,4,12-13H2,1-3H3,(H,22,25). The summed E-state index contributed by atoms with van der Waals surface area (Å²) in [7, 11) is 0. The van der Waals surface area contributed by atoms with Gasteiger partial charge in [0.15, 0.2) is 0 Å². The van der Waals surface area contributed by atoms with Crippen LogP contribution in [0.15, 0.2) is 42.5 Å². The molecule has 1 N–H and O–H groups in total. The number of hydrogen-bond donors (Lipinski definition) is 1. The van der Waals surface area contributed by atoms with Crippen LogP contribution in [0.4, 0.5) is 10.1 Å². The Kier molecular flexibility index (Phi) is 6.28. The lowest BCUT2D eigenvalue weighted by Gasteiger charge is -2.25. The second-order valence-corrected chi connectivity index (χ2v) is 5.91. The maximum Gasteiger partial charge on any atom is 0.240 e. The van der Waals surface area contributed by atoms with E-state index in [0.29, 0.717) is 5.56 Å². The van der Waals surface area contributed by atoms with Crippen molar-refractivity contribution in [2.24, 2.45) is 0 Å². The molecule has 2 aromatic carbocycles. The van der Waals surface area contributed by atoms with E-state index in [1.807, 2.05) is 32.0 Å². The van der Waals surface area contributed by atoms with Crippen molar-refractivity contribution in [1.29, 1.82) is 0 Å². The third-order valence-corrected chi connectivity index (χ3v) is 4.09. The van der Waals surface area contributed by atoms with Gasteiger partial charge in [-0.3, -0.25) is 9.59 Å². The van der Waals surface area contributed by atoms with Gasteiger partial charge < -0.3 is 10.2 Å². The van der Waals surface area contributed by atoms with Crippen LogP contribution in [0, 0.1) is 12.7 Å². The quantitative estimate of drug-likeness (QED) is 0.875. The van der Waals surface area contributed by atoms with Crippen LogP contribution in [0.2, 0.25) is 0 Å². The van der Waals surface area contributed by atoms with E-state index in [1.165, 1.54) is 17.9 Å². The summed E-state index contributed by atoms with van der Waals surface area (Å²) in [5.41, 5.74) is 3.14. The number of amides is 2. The predicted molar refractivity (Wildman–Crippen MR) is 96.8 cm³/mol. The Balaban J connectivity index is 2.13. The highest BCUT2D eigenvalue weighted by atomic mass is 19.1. The third-order valence-electron chi connectivity index (χ3n) is 4.09. The predicted octanol–water partition coefficient (Wildman–Crippen LogP) is 3.37. The molecule has 2 aromatic rings. The van der Waals surface area contributed by atoms with Crippen LogP contribution in [0.5, 0.6) is 0 Å². The Hall–Kier alpha value is -2.69. The fraction of sp³-hybridized carbons (Fsp3) is 0.300. The zero-order chi connectivity index (χ0) is 18.4. The monoisotopic (exact) mass is 342 g/mol. The van der Waals surface area contributed by atoms with Gasteiger partial charge in [-0.15, -0.1) is 0 Å². The van der Waals surface area contributed by atoms with E-state index < -0.39 is 0 Å². The van der Waals surface area contributed by atoms with Crippen molar-refractivity contribution in [2.45, 2.75) is 33.7 Å². The molecule has 5 heteroatoms. The van der Waals surface area contributed by atoms with Crippen molar-refractivity contribution in [3.63, 3.8) is 0 Å². The maximum absolute atomic E-state index is 13.6. The SMILES string of the molecule is CCc1cccc(C)c1N(CC(=O)NCc1ccccc1F)C(C)=O. The molecule has 0 aliphatic carbocycles. The molecule has 25 heavy (non-hydrogen) atoms. The Bertz CT molecular complexity index is 774. The summed E-state index contributed by atoms with van der Waals surface area (Å²) in [6.45, 7) is 5.36. The number of halogens is 1. The summed E-state index contributed by atoms with van der Waals surface area (Å²) in [5, 5.41) is 2.68. The van der Waals surface area contributed by atoms with Crippen molar-refractivity contribution in [3.05, 3.63) is 65.0 Å². The maximum atomic E-state index is 13.6. The molecule has 0 unspecified atom stereocenters. The van der Waals surface area contributed by atoms with E-state index in [2.05, 4.69) is 5.32 Å². The fourth-order valence-corrected chi connectivity index (χ4v) is 2.77. The number of anilines is 1. The smallest absolute Gasteiger partial charge is 0.240 e. The highest BCUT2D eigenvalue weighted by Gasteiger charge is 2.20. The normalized spacial score (nSPS) is 10.4. The first-order valence-corrected chi connectivity index (χ1v) is 8.30. The van der Waals surface area contributed by atoms with Gasteiger partial charge in [-0.2, -0.15) is 0 Å². The largest absolute Gasteiger partial charge is 0.350 e. The molecule has 0 aliphatic heterocycles. The molecule has 0 saturated heterocycles. The van der Waals surface area contributed by atoms with Gasteiger partial charge in [0.1, 0.15) is 12.4 Å². The highest BCUT2D eigenvalue weighted by molar-refractivity contribution is 5.98. The minimum Gasteiger partial charge on any atom is -0.350 e. The Morgan fingerprint density at radius 1 is 1.08 bits per heavy atom. The summed E-state index contributed by atoms with van der Waals surface area (Å²) in [4.78, 5) is 25.9. The molecule has 4 nitrogen and oxygen atoms in total. The van der Waals surface area contributed by atoms with Crippen LogP contribution >= 0.6 is 0 Å².